The van der Waals surface area contributed by atoms with E-state index in [-0.39, 0.29) is 0 Å². The van der Waals surface area contributed by atoms with Crippen LogP contribution >= 0.6 is 0 Å². The van der Waals surface area contributed by atoms with Crippen molar-refractivity contribution in [1.82, 2.24) is 0 Å². The first kappa shape index (κ1) is 11.7. The molecule has 1 aromatic rings. The number of hydrogen-bond acceptors (Lipinski definition) is 1. The minimum Gasteiger partial charge on any atom is -0.327 e. The molecule has 0 aliphatic heterocycles. The van der Waals surface area contributed by atoms with Crippen molar-refractivity contribution in [3.63, 3.8) is 0 Å². The van der Waals surface area contributed by atoms with Gasteiger partial charge < -0.3 is 5.73 Å². The minimum absolute atomic E-state index is 0.377. The molecule has 0 amide bonds. The van der Waals surface area contributed by atoms with E-state index >= 15 is 0 Å². The summed E-state index contributed by atoms with van der Waals surface area (Å²) in [7, 11) is 0. The molecule has 1 nitrogen and oxygen atoms in total. The van der Waals surface area contributed by atoms with E-state index in [1.165, 1.54) is 36.8 Å². The lowest BCUT2D eigenvalue weighted by Gasteiger charge is -2.26. The maximum atomic E-state index is 6.42. The van der Waals surface area contributed by atoms with Gasteiger partial charge in [0.2, 0.25) is 0 Å². The summed E-state index contributed by atoms with van der Waals surface area (Å²) in [5.41, 5.74) is 9.47. The summed E-state index contributed by atoms with van der Waals surface area (Å²) in [5, 5.41) is 0. The average molecular weight is 217 g/mol. The Labute approximate surface area is 99.0 Å². The monoisotopic (exact) mass is 217 g/mol. The van der Waals surface area contributed by atoms with E-state index in [1.54, 1.807) is 0 Å². The van der Waals surface area contributed by atoms with Gasteiger partial charge in [0.15, 0.2) is 0 Å². The molecule has 1 unspecified atom stereocenters. The fraction of sp³-hybridized carbons (Fsp3) is 0.600. The number of nitrogens with two attached hydrogens (primary N) is 1. The van der Waals surface area contributed by atoms with Crippen LogP contribution in [0.4, 0.5) is 0 Å². The molecule has 16 heavy (non-hydrogen) atoms. The van der Waals surface area contributed by atoms with Crippen molar-refractivity contribution in [2.45, 2.75) is 45.6 Å². The second kappa shape index (κ2) is 5.01. The third-order valence-corrected chi connectivity index (χ3v) is 4.22. The average Bonchev–Trinajstić information content (AvgIpc) is 2.74. The normalized spacial score (nSPS) is 17.8. The molecular weight excluding hydrogens is 194 g/mol. The van der Waals surface area contributed by atoms with Crippen LogP contribution in [0.25, 0.3) is 0 Å². The van der Waals surface area contributed by atoms with Gasteiger partial charge in [-0.1, -0.05) is 51.0 Å². The highest BCUT2D eigenvalue weighted by Crippen LogP contribution is 2.31. The molecule has 88 valence electrons. The lowest BCUT2D eigenvalue weighted by atomic mass is 9.84. The molecule has 1 atom stereocenters. The molecule has 1 heteroatoms. The van der Waals surface area contributed by atoms with E-state index < -0.39 is 0 Å². The van der Waals surface area contributed by atoms with E-state index in [0.29, 0.717) is 17.9 Å². The van der Waals surface area contributed by atoms with Gasteiger partial charge in [-0.25, -0.2) is 0 Å². The molecule has 2 rings (SSSR count). The first-order valence-corrected chi connectivity index (χ1v) is 6.58. The van der Waals surface area contributed by atoms with E-state index in [1.807, 2.05) is 0 Å². The SMILES string of the molecule is CCC(CC)C(N)C1Cc2ccccc2C1. The zero-order valence-electron chi connectivity index (χ0n) is 10.4. The molecule has 0 radical (unpaired) electrons. The lowest BCUT2D eigenvalue weighted by Crippen LogP contribution is -2.37. The maximum Gasteiger partial charge on any atom is 0.0102 e. The van der Waals surface area contributed by atoms with Gasteiger partial charge in [-0.05, 0) is 35.8 Å². The van der Waals surface area contributed by atoms with Gasteiger partial charge in [-0.3, -0.25) is 0 Å². The van der Waals surface area contributed by atoms with Crippen molar-refractivity contribution in [2.24, 2.45) is 17.6 Å². The van der Waals surface area contributed by atoms with Gasteiger partial charge in [-0.15, -0.1) is 0 Å². The number of fused-ring (bicyclic) bond motifs is 1. The van der Waals surface area contributed by atoms with E-state index in [4.69, 9.17) is 5.73 Å². The molecule has 0 aromatic heterocycles. The molecular formula is C15H23N. The van der Waals surface area contributed by atoms with Crippen LogP contribution in [0.2, 0.25) is 0 Å². The lowest BCUT2D eigenvalue weighted by molar-refractivity contribution is 0.300. The van der Waals surface area contributed by atoms with Gasteiger partial charge in [0.1, 0.15) is 0 Å². The summed E-state index contributed by atoms with van der Waals surface area (Å²) in [5.74, 6) is 1.36. The Balaban J connectivity index is 2.05. The summed E-state index contributed by atoms with van der Waals surface area (Å²) in [6.45, 7) is 4.52. The van der Waals surface area contributed by atoms with Crippen LogP contribution in [0.3, 0.4) is 0 Å². The summed E-state index contributed by atoms with van der Waals surface area (Å²) >= 11 is 0. The smallest absolute Gasteiger partial charge is 0.0102 e. The molecule has 1 aliphatic rings. The second-order valence-electron chi connectivity index (χ2n) is 5.09. The fourth-order valence-corrected chi connectivity index (χ4v) is 3.08. The highest BCUT2D eigenvalue weighted by atomic mass is 14.7. The second-order valence-corrected chi connectivity index (χ2v) is 5.09. The van der Waals surface area contributed by atoms with Crippen LogP contribution in [0.5, 0.6) is 0 Å². The van der Waals surface area contributed by atoms with E-state index in [2.05, 4.69) is 38.1 Å². The third-order valence-electron chi connectivity index (χ3n) is 4.22. The van der Waals surface area contributed by atoms with Crippen LogP contribution in [0.15, 0.2) is 24.3 Å². The molecule has 0 heterocycles. The molecule has 0 saturated heterocycles. The molecule has 0 fully saturated rings. The summed E-state index contributed by atoms with van der Waals surface area (Å²) in [6.07, 6.45) is 4.80. The highest BCUT2D eigenvalue weighted by molar-refractivity contribution is 5.32. The van der Waals surface area contributed by atoms with Gasteiger partial charge in [0.25, 0.3) is 0 Å². The largest absolute Gasteiger partial charge is 0.327 e. The Morgan fingerprint density at radius 2 is 1.62 bits per heavy atom. The predicted molar refractivity (Wildman–Crippen MR) is 69.4 cm³/mol. The van der Waals surface area contributed by atoms with Crippen LogP contribution in [0, 0.1) is 11.8 Å². The molecule has 2 N–H and O–H groups in total. The van der Waals surface area contributed by atoms with Crippen molar-refractivity contribution >= 4 is 0 Å². The molecule has 0 saturated carbocycles. The Bertz CT molecular complexity index is 316. The third kappa shape index (κ3) is 2.15. The number of hydrogen-bond donors (Lipinski definition) is 1. The summed E-state index contributed by atoms with van der Waals surface area (Å²) in [6, 6.07) is 9.18. The van der Waals surface area contributed by atoms with Crippen molar-refractivity contribution < 1.29 is 0 Å². The van der Waals surface area contributed by atoms with Gasteiger partial charge in [0, 0.05) is 6.04 Å². The predicted octanol–water partition coefficient (Wildman–Crippen LogP) is 3.16. The Morgan fingerprint density at radius 1 is 1.12 bits per heavy atom. The van der Waals surface area contributed by atoms with Crippen molar-refractivity contribution in [1.29, 1.82) is 0 Å². The van der Waals surface area contributed by atoms with Crippen LogP contribution in [-0.2, 0) is 12.8 Å². The Kier molecular flexibility index (Phi) is 3.65. The Hall–Kier alpha value is -0.820. The van der Waals surface area contributed by atoms with E-state index in [9.17, 15) is 0 Å². The minimum atomic E-state index is 0.377. The van der Waals surface area contributed by atoms with Crippen LogP contribution in [-0.4, -0.2) is 6.04 Å². The van der Waals surface area contributed by atoms with Gasteiger partial charge in [0.05, 0.1) is 0 Å². The first-order chi connectivity index (χ1) is 7.76. The van der Waals surface area contributed by atoms with Gasteiger partial charge >= 0.3 is 0 Å². The fourth-order valence-electron chi connectivity index (χ4n) is 3.08. The number of benzene rings is 1. The van der Waals surface area contributed by atoms with Crippen LogP contribution < -0.4 is 5.73 Å². The zero-order chi connectivity index (χ0) is 11.5. The maximum absolute atomic E-state index is 6.42. The summed E-state index contributed by atoms with van der Waals surface area (Å²) in [4.78, 5) is 0. The van der Waals surface area contributed by atoms with Gasteiger partial charge in [-0.2, -0.15) is 0 Å². The Morgan fingerprint density at radius 3 is 2.06 bits per heavy atom. The molecule has 0 bridgehead atoms. The molecule has 1 aliphatic carbocycles. The van der Waals surface area contributed by atoms with Crippen LogP contribution in [0.1, 0.15) is 37.8 Å². The number of rotatable bonds is 4. The standard InChI is InChI=1S/C15H23N/c1-3-11(4-2)15(16)14-9-12-7-5-6-8-13(12)10-14/h5-8,11,14-15H,3-4,9-10,16H2,1-2H3. The first-order valence-electron chi connectivity index (χ1n) is 6.58. The topological polar surface area (TPSA) is 26.0 Å². The molecule has 0 spiro atoms. The highest BCUT2D eigenvalue weighted by Gasteiger charge is 2.29. The van der Waals surface area contributed by atoms with Crippen molar-refractivity contribution in [2.75, 3.05) is 0 Å². The van der Waals surface area contributed by atoms with Crippen molar-refractivity contribution in [3.05, 3.63) is 35.4 Å². The van der Waals surface area contributed by atoms with E-state index in [0.717, 1.165) is 0 Å². The quantitative estimate of drug-likeness (QED) is 0.823. The molecule has 1 aromatic carbocycles. The zero-order valence-corrected chi connectivity index (χ0v) is 10.4. The summed E-state index contributed by atoms with van der Waals surface area (Å²) < 4.78 is 0. The van der Waals surface area contributed by atoms with Crippen molar-refractivity contribution in [3.8, 4) is 0 Å².